The molecular weight excluding hydrogens is 238 g/mol. The number of likely N-dealkylation sites (tertiary alicyclic amines) is 1. The van der Waals surface area contributed by atoms with E-state index in [0.29, 0.717) is 19.4 Å². The molecule has 0 aliphatic carbocycles. The smallest absolute Gasteiger partial charge is 0.326 e. The van der Waals surface area contributed by atoms with Gasteiger partial charge in [0, 0.05) is 18.5 Å². The molecule has 18 heavy (non-hydrogen) atoms. The molecule has 102 valence electrons. The summed E-state index contributed by atoms with van der Waals surface area (Å²) in [5.41, 5.74) is 4.30. The number of urea groups is 1. The van der Waals surface area contributed by atoms with E-state index in [9.17, 15) is 14.4 Å². The van der Waals surface area contributed by atoms with Gasteiger partial charge in [0.1, 0.15) is 6.04 Å². The summed E-state index contributed by atoms with van der Waals surface area (Å²) in [4.78, 5) is 35.1. The summed E-state index contributed by atoms with van der Waals surface area (Å²) in [7, 11) is 0. The molecular formula is C11H19N3O4. The van der Waals surface area contributed by atoms with Crippen LogP contribution < -0.4 is 11.1 Å². The molecule has 0 spiro atoms. The van der Waals surface area contributed by atoms with Gasteiger partial charge >= 0.3 is 12.0 Å². The Hall–Kier alpha value is -1.79. The molecule has 0 aromatic carbocycles. The molecule has 3 amide bonds. The Morgan fingerprint density at radius 1 is 1.44 bits per heavy atom. The Bertz CT molecular complexity index is 367. The predicted octanol–water partition coefficient (Wildman–Crippen LogP) is -0.101. The molecule has 0 radical (unpaired) electrons. The predicted molar refractivity (Wildman–Crippen MR) is 63.8 cm³/mol. The van der Waals surface area contributed by atoms with Crippen molar-refractivity contribution < 1.29 is 19.5 Å². The van der Waals surface area contributed by atoms with Crippen molar-refractivity contribution in [1.29, 1.82) is 0 Å². The first-order valence-electron chi connectivity index (χ1n) is 5.83. The molecule has 1 aliphatic rings. The molecule has 1 saturated heterocycles. The number of primary amides is 1. The maximum atomic E-state index is 12.0. The Morgan fingerprint density at radius 2 is 2.06 bits per heavy atom. The minimum absolute atomic E-state index is 0.00428. The fourth-order valence-corrected chi connectivity index (χ4v) is 2.11. The van der Waals surface area contributed by atoms with E-state index in [4.69, 9.17) is 10.8 Å². The van der Waals surface area contributed by atoms with Crippen molar-refractivity contribution in [3.05, 3.63) is 0 Å². The molecule has 0 aromatic rings. The van der Waals surface area contributed by atoms with Gasteiger partial charge in [-0.1, -0.05) is 0 Å². The minimum Gasteiger partial charge on any atom is -0.480 e. The zero-order chi connectivity index (χ0) is 13.9. The molecule has 7 nitrogen and oxygen atoms in total. The fraction of sp³-hybridized carbons (Fsp3) is 0.727. The maximum Gasteiger partial charge on any atom is 0.326 e. The minimum atomic E-state index is -1.00. The molecule has 0 bridgehead atoms. The third kappa shape index (κ3) is 3.61. The Kier molecular flexibility index (Phi) is 4.15. The molecule has 1 aliphatic heterocycles. The number of aliphatic carboxylic acids is 1. The van der Waals surface area contributed by atoms with Crippen molar-refractivity contribution in [2.75, 3.05) is 6.54 Å². The van der Waals surface area contributed by atoms with Crippen molar-refractivity contribution in [3.63, 3.8) is 0 Å². The van der Waals surface area contributed by atoms with Crippen molar-refractivity contribution in [3.8, 4) is 0 Å². The standard InChI is InChI=1S/C11H19N3O4/c1-11(2,6-8(12)15)13-10(18)14-5-3-4-7(14)9(16)17/h7H,3-6H2,1-2H3,(H2,12,15)(H,13,18)(H,16,17)/t7-/m0/s1. The summed E-state index contributed by atoms with van der Waals surface area (Å²) < 4.78 is 0. The Balaban J connectivity index is 2.65. The molecule has 1 atom stereocenters. The largest absolute Gasteiger partial charge is 0.480 e. The Labute approximate surface area is 105 Å². The van der Waals surface area contributed by atoms with Gasteiger partial charge in [-0.3, -0.25) is 4.79 Å². The van der Waals surface area contributed by atoms with Gasteiger partial charge in [0.2, 0.25) is 5.91 Å². The first-order valence-corrected chi connectivity index (χ1v) is 5.83. The first-order chi connectivity index (χ1) is 8.23. The lowest BCUT2D eigenvalue weighted by Crippen LogP contribution is -2.53. The van der Waals surface area contributed by atoms with E-state index >= 15 is 0 Å². The lowest BCUT2D eigenvalue weighted by Gasteiger charge is -2.29. The van der Waals surface area contributed by atoms with E-state index in [1.807, 2.05) is 0 Å². The zero-order valence-electron chi connectivity index (χ0n) is 10.6. The second-order valence-electron chi connectivity index (χ2n) is 5.15. The average Bonchev–Trinajstić information content (AvgIpc) is 2.61. The number of carbonyl (C=O) groups is 3. The molecule has 7 heteroatoms. The van der Waals surface area contributed by atoms with Crippen LogP contribution in [0.2, 0.25) is 0 Å². The number of carboxylic acids is 1. The molecule has 1 rings (SSSR count). The normalized spacial score (nSPS) is 19.7. The van der Waals surface area contributed by atoms with E-state index in [1.54, 1.807) is 13.8 Å². The number of hydrogen-bond donors (Lipinski definition) is 3. The SMILES string of the molecule is CC(C)(CC(N)=O)NC(=O)N1CCC[C@H]1C(=O)O. The van der Waals surface area contributed by atoms with E-state index < -0.39 is 29.5 Å². The van der Waals surface area contributed by atoms with Gasteiger partial charge in [-0.05, 0) is 26.7 Å². The van der Waals surface area contributed by atoms with Crippen molar-refractivity contribution in [2.24, 2.45) is 5.73 Å². The lowest BCUT2D eigenvalue weighted by molar-refractivity contribution is -0.141. The van der Waals surface area contributed by atoms with E-state index in [0.717, 1.165) is 0 Å². The van der Waals surface area contributed by atoms with Crippen LogP contribution in [0.4, 0.5) is 4.79 Å². The quantitative estimate of drug-likeness (QED) is 0.652. The summed E-state index contributed by atoms with van der Waals surface area (Å²) in [5.74, 6) is -1.52. The van der Waals surface area contributed by atoms with Crippen LogP contribution in [-0.4, -0.2) is 46.0 Å². The molecule has 0 saturated carbocycles. The molecule has 0 unspecified atom stereocenters. The highest BCUT2D eigenvalue weighted by molar-refractivity contribution is 5.84. The third-order valence-electron chi connectivity index (χ3n) is 2.86. The number of hydrogen-bond acceptors (Lipinski definition) is 3. The van der Waals surface area contributed by atoms with Crippen LogP contribution >= 0.6 is 0 Å². The van der Waals surface area contributed by atoms with Gasteiger partial charge in [0.25, 0.3) is 0 Å². The van der Waals surface area contributed by atoms with Crippen molar-refractivity contribution in [1.82, 2.24) is 10.2 Å². The van der Waals surface area contributed by atoms with Gasteiger partial charge < -0.3 is 21.1 Å². The highest BCUT2D eigenvalue weighted by Crippen LogP contribution is 2.18. The first kappa shape index (κ1) is 14.3. The molecule has 0 aromatic heterocycles. The molecule has 1 fully saturated rings. The zero-order valence-corrected chi connectivity index (χ0v) is 10.6. The van der Waals surface area contributed by atoms with Crippen molar-refractivity contribution >= 4 is 17.9 Å². The van der Waals surface area contributed by atoms with Gasteiger partial charge in [0.15, 0.2) is 0 Å². The van der Waals surface area contributed by atoms with E-state index in [2.05, 4.69) is 5.32 Å². The van der Waals surface area contributed by atoms with Crippen LogP contribution in [0.3, 0.4) is 0 Å². The number of nitrogens with one attached hydrogen (secondary N) is 1. The summed E-state index contributed by atoms with van der Waals surface area (Å²) in [6.45, 7) is 3.75. The van der Waals surface area contributed by atoms with Crippen LogP contribution in [0.1, 0.15) is 33.1 Å². The third-order valence-corrected chi connectivity index (χ3v) is 2.86. The highest BCUT2D eigenvalue weighted by atomic mass is 16.4. The summed E-state index contributed by atoms with van der Waals surface area (Å²) >= 11 is 0. The lowest BCUT2D eigenvalue weighted by atomic mass is 10.0. The molecule has 4 N–H and O–H groups in total. The van der Waals surface area contributed by atoms with Crippen LogP contribution in [0.15, 0.2) is 0 Å². The van der Waals surface area contributed by atoms with Crippen LogP contribution in [0.5, 0.6) is 0 Å². The monoisotopic (exact) mass is 257 g/mol. The fourth-order valence-electron chi connectivity index (χ4n) is 2.11. The number of nitrogens with zero attached hydrogens (tertiary/aromatic N) is 1. The molecule has 1 heterocycles. The summed E-state index contributed by atoms with van der Waals surface area (Å²) in [6.07, 6.45) is 1.13. The second-order valence-corrected chi connectivity index (χ2v) is 5.15. The van der Waals surface area contributed by atoms with Gasteiger partial charge in [-0.2, -0.15) is 0 Å². The van der Waals surface area contributed by atoms with E-state index in [-0.39, 0.29) is 6.42 Å². The van der Waals surface area contributed by atoms with Crippen LogP contribution in [0.25, 0.3) is 0 Å². The highest BCUT2D eigenvalue weighted by Gasteiger charge is 2.36. The topological polar surface area (TPSA) is 113 Å². The number of rotatable bonds is 4. The maximum absolute atomic E-state index is 12.0. The average molecular weight is 257 g/mol. The number of carboxylic acid groups (broad SMARTS) is 1. The summed E-state index contributed by atoms with van der Waals surface area (Å²) in [6, 6.07) is -1.25. The summed E-state index contributed by atoms with van der Waals surface area (Å²) in [5, 5.41) is 11.6. The Morgan fingerprint density at radius 3 is 2.56 bits per heavy atom. The number of carbonyl (C=O) groups excluding carboxylic acids is 2. The van der Waals surface area contributed by atoms with Crippen LogP contribution in [0, 0.1) is 0 Å². The van der Waals surface area contributed by atoms with Gasteiger partial charge in [0.05, 0.1) is 0 Å². The van der Waals surface area contributed by atoms with Crippen LogP contribution in [-0.2, 0) is 9.59 Å². The van der Waals surface area contributed by atoms with E-state index in [1.165, 1.54) is 4.90 Å². The van der Waals surface area contributed by atoms with Crippen molar-refractivity contribution in [2.45, 2.75) is 44.7 Å². The second kappa shape index (κ2) is 5.24. The van der Waals surface area contributed by atoms with Gasteiger partial charge in [-0.25, -0.2) is 9.59 Å². The number of amides is 3. The number of nitrogens with two attached hydrogens (primary N) is 1. The van der Waals surface area contributed by atoms with Gasteiger partial charge in [-0.15, -0.1) is 0 Å².